The summed E-state index contributed by atoms with van der Waals surface area (Å²) in [6, 6.07) is -1.40. The van der Waals surface area contributed by atoms with Crippen molar-refractivity contribution in [1.29, 1.82) is 0 Å². The molecule has 0 aromatic rings. The standard InChI is InChI=1S/C14H25N3O4S/c1-16-7-10(5-3-2-4-6-11(15)9-22)13(19)17-12(8-18)14(20)21/h3-6,10-12,16,18,22H,2,7-9,15H2,1H3,(H,17,19)(H,20,21)/b5-3-,6-4+. The van der Waals surface area contributed by atoms with Crippen molar-refractivity contribution in [1.82, 2.24) is 10.6 Å². The fourth-order valence-corrected chi connectivity index (χ4v) is 1.69. The number of nitrogens with one attached hydrogen (secondary N) is 2. The monoisotopic (exact) mass is 331 g/mol. The molecule has 0 fully saturated rings. The average Bonchev–Trinajstić information content (AvgIpc) is 2.50. The number of aliphatic carboxylic acids is 1. The third-order valence-corrected chi connectivity index (χ3v) is 3.21. The van der Waals surface area contributed by atoms with Crippen molar-refractivity contribution in [2.45, 2.75) is 18.5 Å². The van der Waals surface area contributed by atoms with Gasteiger partial charge < -0.3 is 26.6 Å². The number of carbonyl (C=O) groups excluding carboxylic acids is 1. The lowest BCUT2D eigenvalue weighted by Crippen LogP contribution is -2.47. The van der Waals surface area contributed by atoms with Crippen LogP contribution in [0.1, 0.15) is 6.42 Å². The molecule has 22 heavy (non-hydrogen) atoms. The molecule has 0 aromatic carbocycles. The van der Waals surface area contributed by atoms with Gasteiger partial charge in [0.05, 0.1) is 12.5 Å². The molecule has 0 saturated carbocycles. The first-order chi connectivity index (χ1) is 10.5. The topological polar surface area (TPSA) is 125 Å². The van der Waals surface area contributed by atoms with Crippen molar-refractivity contribution >= 4 is 24.5 Å². The van der Waals surface area contributed by atoms with Crippen LogP contribution in [0.25, 0.3) is 0 Å². The molecule has 7 nitrogen and oxygen atoms in total. The van der Waals surface area contributed by atoms with E-state index in [1.165, 1.54) is 0 Å². The minimum Gasteiger partial charge on any atom is -0.480 e. The Balaban J connectivity index is 4.54. The van der Waals surface area contributed by atoms with Gasteiger partial charge in [0.1, 0.15) is 6.04 Å². The van der Waals surface area contributed by atoms with Crippen molar-refractivity contribution in [3.8, 4) is 0 Å². The summed E-state index contributed by atoms with van der Waals surface area (Å²) < 4.78 is 0. The minimum absolute atomic E-state index is 0.103. The molecule has 0 bridgehead atoms. The van der Waals surface area contributed by atoms with E-state index in [-0.39, 0.29) is 6.04 Å². The van der Waals surface area contributed by atoms with Gasteiger partial charge in [-0.15, -0.1) is 0 Å². The van der Waals surface area contributed by atoms with E-state index < -0.39 is 30.4 Å². The number of thiol groups is 1. The zero-order valence-electron chi connectivity index (χ0n) is 12.6. The van der Waals surface area contributed by atoms with E-state index in [0.717, 1.165) is 0 Å². The molecule has 0 aliphatic heterocycles. The van der Waals surface area contributed by atoms with Gasteiger partial charge in [-0.2, -0.15) is 12.6 Å². The number of hydrogen-bond acceptors (Lipinski definition) is 6. The third-order valence-electron chi connectivity index (χ3n) is 2.79. The molecule has 0 aliphatic carbocycles. The molecule has 0 saturated heterocycles. The zero-order chi connectivity index (χ0) is 17.0. The summed E-state index contributed by atoms with van der Waals surface area (Å²) in [6.07, 6.45) is 7.81. The van der Waals surface area contributed by atoms with Crippen molar-refractivity contribution in [2.24, 2.45) is 11.7 Å². The smallest absolute Gasteiger partial charge is 0.328 e. The molecule has 0 radical (unpaired) electrons. The Morgan fingerprint density at radius 2 is 1.95 bits per heavy atom. The van der Waals surface area contributed by atoms with Gasteiger partial charge in [-0.3, -0.25) is 4.79 Å². The molecule has 6 N–H and O–H groups in total. The maximum Gasteiger partial charge on any atom is 0.328 e. The molecular weight excluding hydrogens is 306 g/mol. The van der Waals surface area contributed by atoms with Crippen LogP contribution in [0.4, 0.5) is 0 Å². The van der Waals surface area contributed by atoms with Gasteiger partial charge in [0.25, 0.3) is 0 Å². The van der Waals surface area contributed by atoms with Crippen molar-refractivity contribution < 1.29 is 19.8 Å². The van der Waals surface area contributed by atoms with Gasteiger partial charge in [0, 0.05) is 18.3 Å². The second-order valence-electron chi connectivity index (χ2n) is 4.68. The molecule has 0 aromatic heterocycles. The summed E-state index contributed by atoms with van der Waals surface area (Å²) >= 11 is 4.06. The molecule has 0 rings (SSSR count). The second-order valence-corrected chi connectivity index (χ2v) is 5.05. The Bertz CT molecular complexity index is 402. The predicted molar refractivity (Wildman–Crippen MR) is 88.8 cm³/mol. The highest BCUT2D eigenvalue weighted by Crippen LogP contribution is 2.01. The van der Waals surface area contributed by atoms with Crippen LogP contribution < -0.4 is 16.4 Å². The molecule has 0 spiro atoms. The van der Waals surface area contributed by atoms with Crippen LogP contribution in [0.5, 0.6) is 0 Å². The SMILES string of the molecule is CNCC(/C=C\C/C=C/C(N)CS)C(=O)NC(CO)C(=O)O. The average molecular weight is 331 g/mol. The summed E-state index contributed by atoms with van der Waals surface area (Å²) in [5.74, 6) is -1.69. The van der Waals surface area contributed by atoms with Crippen molar-refractivity contribution in [2.75, 3.05) is 26.0 Å². The number of allylic oxidation sites excluding steroid dienone is 2. The van der Waals surface area contributed by atoms with Crippen LogP contribution >= 0.6 is 12.6 Å². The molecule has 8 heteroatoms. The Kier molecular flexibility index (Phi) is 11.5. The predicted octanol–water partition coefficient (Wildman–Crippen LogP) is -0.857. The lowest BCUT2D eigenvalue weighted by atomic mass is 10.1. The highest BCUT2D eigenvalue weighted by molar-refractivity contribution is 7.80. The van der Waals surface area contributed by atoms with Crippen molar-refractivity contribution in [3.05, 3.63) is 24.3 Å². The first-order valence-corrected chi connectivity index (χ1v) is 7.57. The second kappa shape index (κ2) is 12.2. The summed E-state index contributed by atoms with van der Waals surface area (Å²) in [6.45, 7) is -0.290. The number of carboxylic acids is 1. The molecule has 126 valence electrons. The van der Waals surface area contributed by atoms with Gasteiger partial charge in [-0.05, 0) is 13.5 Å². The Morgan fingerprint density at radius 3 is 2.45 bits per heavy atom. The van der Waals surface area contributed by atoms with Gasteiger partial charge in [-0.1, -0.05) is 24.3 Å². The van der Waals surface area contributed by atoms with E-state index in [0.29, 0.717) is 18.7 Å². The van der Waals surface area contributed by atoms with E-state index in [4.69, 9.17) is 15.9 Å². The molecule has 3 atom stereocenters. The van der Waals surface area contributed by atoms with Crippen molar-refractivity contribution in [3.63, 3.8) is 0 Å². The fourth-order valence-electron chi connectivity index (χ4n) is 1.57. The normalized spacial score (nSPS) is 15.8. The minimum atomic E-state index is -1.30. The van der Waals surface area contributed by atoms with Crippen LogP contribution in [0.2, 0.25) is 0 Å². The summed E-state index contributed by atoms with van der Waals surface area (Å²) in [5.41, 5.74) is 5.67. The maximum atomic E-state index is 12.0. The lowest BCUT2D eigenvalue weighted by Gasteiger charge is -2.16. The highest BCUT2D eigenvalue weighted by atomic mass is 32.1. The number of aliphatic hydroxyl groups excluding tert-OH is 1. The molecule has 3 unspecified atom stereocenters. The zero-order valence-corrected chi connectivity index (χ0v) is 13.5. The van der Waals surface area contributed by atoms with E-state index in [1.54, 1.807) is 19.2 Å². The quantitative estimate of drug-likeness (QED) is 0.216. The van der Waals surface area contributed by atoms with Crippen LogP contribution in [0, 0.1) is 5.92 Å². The molecule has 0 aliphatic rings. The number of amides is 1. The van der Waals surface area contributed by atoms with Gasteiger partial charge in [0.2, 0.25) is 5.91 Å². The summed E-state index contributed by atoms with van der Waals surface area (Å²) in [4.78, 5) is 22.8. The van der Waals surface area contributed by atoms with Crippen LogP contribution in [-0.2, 0) is 9.59 Å². The van der Waals surface area contributed by atoms with Gasteiger partial charge in [0.15, 0.2) is 0 Å². The lowest BCUT2D eigenvalue weighted by molar-refractivity contribution is -0.143. The summed E-state index contributed by atoms with van der Waals surface area (Å²) in [5, 5.41) is 22.9. The number of rotatable bonds is 11. The molecule has 0 heterocycles. The first-order valence-electron chi connectivity index (χ1n) is 6.94. The van der Waals surface area contributed by atoms with E-state index in [1.807, 2.05) is 12.2 Å². The Morgan fingerprint density at radius 1 is 1.32 bits per heavy atom. The number of carboxylic acid groups (broad SMARTS) is 1. The number of nitrogens with two attached hydrogens (primary N) is 1. The van der Waals surface area contributed by atoms with E-state index in [2.05, 4.69) is 23.3 Å². The van der Waals surface area contributed by atoms with Gasteiger partial charge >= 0.3 is 5.97 Å². The van der Waals surface area contributed by atoms with E-state index in [9.17, 15) is 9.59 Å². The Hall–Kier alpha value is -1.35. The Labute approximate surface area is 136 Å². The van der Waals surface area contributed by atoms with Crippen LogP contribution in [-0.4, -0.2) is 60.1 Å². The first kappa shape index (κ1) is 20.6. The maximum absolute atomic E-state index is 12.0. The van der Waals surface area contributed by atoms with Crippen LogP contribution in [0.15, 0.2) is 24.3 Å². The van der Waals surface area contributed by atoms with E-state index >= 15 is 0 Å². The van der Waals surface area contributed by atoms with Crippen LogP contribution in [0.3, 0.4) is 0 Å². The number of carbonyl (C=O) groups is 2. The summed E-state index contributed by atoms with van der Waals surface area (Å²) in [7, 11) is 1.69. The fraction of sp³-hybridized carbons (Fsp3) is 0.571. The third kappa shape index (κ3) is 8.83. The molecular formula is C14H25N3O4S. The number of hydrogen-bond donors (Lipinski definition) is 6. The van der Waals surface area contributed by atoms with Gasteiger partial charge in [-0.25, -0.2) is 4.79 Å². The largest absolute Gasteiger partial charge is 0.480 e. The molecule has 1 amide bonds. The highest BCUT2D eigenvalue weighted by Gasteiger charge is 2.22. The number of aliphatic hydroxyl groups is 1.